The molecule has 0 radical (unpaired) electrons. The molecule has 0 amide bonds. The van der Waals surface area contributed by atoms with Crippen molar-refractivity contribution in [3.8, 4) is 0 Å². The number of hydrogen-bond acceptors (Lipinski definition) is 3. The van der Waals surface area contributed by atoms with Crippen LogP contribution >= 0.6 is 0 Å². The summed E-state index contributed by atoms with van der Waals surface area (Å²) in [5.41, 5.74) is 0.639. The molecule has 0 aliphatic carbocycles. The number of likely N-dealkylation sites (tertiary alicyclic amines) is 1. The first-order valence-electron chi connectivity index (χ1n) is 7.25. The van der Waals surface area contributed by atoms with Gasteiger partial charge in [0, 0.05) is 19.5 Å². The minimum absolute atomic E-state index is 0.602. The van der Waals surface area contributed by atoms with Gasteiger partial charge in [-0.25, -0.2) is 0 Å². The molecule has 3 heteroatoms. The van der Waals surface area contributed by atoms with Crippen molar-refractivity contribution < 1.29 is 9.52 Å². The highest BCUT2D eigenvalue weighted by atomic mass is 16.3. The summed E-state index contributed by atoms with van der Waals surface area (Å²) in [7, 11) is 0. The predicted octanol–water partition coefficient (Wildman–Crippen LogP) is 2.85. The van der Waals surface area contributed by atoms with Gasteiger partial charge in [-0.2, -0.15) is 0 Å². The van der Waals surface area contributed by atoms with Crippen LogP contribution in [-0.4, -0.2) is 28.7 Å². The number of aliphatic hydroxyl groups is 1. The fraction of sp³-hybridized carbons (Fsp3) is 0.412. The molecular weight excluding hydrogens is 250 g/mol. The molecule has 20 heavy (non-hydrogen) atoms. The zero-order valence-corrected chi connectivity index (χ0v) is 11.7. The standard InChI is InChI=1S/C17H21NO2/c19-17(12-16-8-4-11-20-16)9-5-10-18(14-17)13-15-6-2-1-3-7-15/h1-4,6-8,11,19H,5,9-10,12-14H2. The molecular formula is C17H21NO2. The van der Waals surface area contributed by atoms with E-state index in [1.165, 1.54) is 5.56 Å². The molecule has 1 fully saturated rings. The Labute approximate surface area is 119 Å². The zero-order valence-electron chi connectivity index (χ0n) is 11.7. The number of nitrogens with zero attached hydrogens (tertiary/aromatic N) is 1. The van der Waals surface area contributed by atoms with Gasteiger partial charge < -0.3 is 9.52 Å². The summed E-state index contributed by atoms with van der Waals surface area (Å²) in [6.45, 7) is 2.67. The summed E-state index contributed by atoms with van der Waals surface area (Å²) in [6, 6.07) is 14.3. The number of piperidine rings is 1. The van der Waals surface area contributed by atoms with Crippen LogP contribution in [0, 0.1) is 0 Å². The van der Waals surface area contributed by atoms with Crippen LogP contribution in [0.1, 0.15) is 24.2 Å². The SMILES string of the molecule is OC1(Cc2ccco2)CCCN(Cc2ccccc2)C1. The first-order valence-corrected chi connectivity index (χ1v) is 7.25. The number of hydrogen-bond donors (Lipinski definition) is 1. The van der Waals surface area contributed by atoms with Gasteiger partial charge in [0.2, 0.25) is 0 Å². The van der Waals surface area contributed by atoms with E-state index in [1.807, 2.05) is 18.2 Å². The van der Waals surface area contributed by atoms with Gasteiger partial charge in [-0.15, -0.1) is 0 Å². The number of furan rings is 1. The summed E-state index contributed by atoms with van der Waals surface area (Å²) in [5.74, 6) is 0.870. The molecule has 1 N–H and O–H groups in total. The van der Waals surface area contributed by atoms with Gasteiger partial charge in [-0.3, -0.25) is 4.90 Å². The normalized spacial score (nSPS) is 23.9. The molecule has 1 aliphatic rings. The topological polar surface area (TPSA) is 36.6 Å². The summed E-state index contributed by atoms with van der Waals surface area (Å²) in [5, 5.41) is 10.8. The molecule has 2 heterocycles. The fourth-order valence-corrected chi connectivity index (χ4v) is 3.06. The van der Waals surface area contributed by atoms with Gasteiger partial charge in [0.25, 0.3) is 0 Å². The van der Waals surface area contributed by atoms with Crippen molar-refractivity contribution in [1.82, 2.24) is 4.90 Å². The van der Waals surface area contributed by atoms with Crippen molar-refractivity contribution in [2.24, 2.45) is 0 Å². The van der Waals surface area contributed by atoms with Gasteiger partial charge in [0.1, 0.15) is 5.76 Å². The van der Waals surface area contributed by atoms with Crippen molar-refractivity contribution in [1.29, 1.82) is 0 Å². The number of rotatable bonds is 4. The Morgan fingerprint density at radius 3 is 2.75 bits per heavy atom. The van der Waals surface area contributed by atoms with Crippen LogP contribution in [-0.2, 0) is 13.0 Å². The highest BCUT2D eigenvalue weighted by molar-refractivity contribution is 5.15. The second-order valence-corrected chi connectivity index (χ2v) is 5.78. The third kappa shape index (κ3) is 3.30. The minimum atomic E-state index is -0.662. The first kappa shape index (κ1) is 13.4. The molecule has 1 aromatic heterocycles. The largest absolute Gasteiger partial charge is 0.469 e. The molecule has 1 atom stereocenters. The van der Waals surface area contributed by atoms with E-state index in [-0.39, 0.29) is 0 Å². The quantitative estimate of drug-likeness (QED) is 0.929. The Balaban J connectivity index is 1.64. The maximum absolute atomic E-state index is 10.8. The van der Waals surface area contributed by atoms with Crippen LogP contribution in [0.4, 0.5) is 0 Å². The average Bonchev–Trinajstić information content (AvgIpc) is 2.92. The predicted molar refractivity (Wildman–Crippen MR) is 78.3 cm³/mol. The smallest absolute Gasteiger partial charge is 0.106 e. The molecule has 0 saturated carbocycles. The van der Waals surface area contributed by atoms with Crippen molar-refractivity contribution in [2.75, 3.05) is 13.1 Å². The van der Waals surface area contributed by atoms with Gasteiger partial charge >= 0.3 is 0 Å². The lowest BCUT2D eigenvalue weighted by molar-refractivity contribution is -0.0357. The molecule has 2 aromatic rings. The third-order valence-corrected chi connectivity index (χ3v) is 3.97. The Morgan fingerprint density at radius 2 is 2.00 bits per heavy atom. The van der Waals surface area contributed by atoms with E-state index in [0.29, 0.717) is 13.0 Å². The van der Waals surface area contributed by atoms with E-state index < -0.39 is 5.60 Å². The average molecular weight is 271 g/mol. The summed E-state index contributed by atoms with van der Waals surface area (Å²) in [6.07, 6.45) is 4.15. The van der Waals surface area contributed by atoms with Crippen LogP contribution in [0.15, 0.2) is 53.1 Å². The Morgan fingerprint density at radius 1 is 1.15 bits per heavy atom. The molecule has 106 valence electrons. The Hall–Kier alpha value is -1.58. The molecule has 3 nitrogen and oxygen atoms in total. The molecule has 0 spiro atoms. The van der Waals surface area contributed by atoms with E-state index in [4.69, 9.17) is 4.42 Å². The monoisotopic (exact) mass is 271 g/mol. The first-order chi connectivity index (χ1) is 9.73. The van der Waals surface area contributed by atoms with E-state index >= 15 is 0 Å². The van der Waals surface area contributed by atoms with Crippen molar-refractivity contribution >= 4 is 0 Å². The maximum Gasteiger partial charge on any atom is 0.106 e. The van der Waals surface area contributed by atoms with Crippen LogP contribution in [0.5, 0.6) is 0 Å². The van der Waals surface area contributed by atoms with Gasteiger partial charge in [-0.1, -0.05) is 30.3 Å². The van der Waals surface area contributed by atoms with Crippen LogP contribution in [0.25, 0.3) is 0 Å². The summed E-state index contributed by atoms with van der Waals surface area (Å²) < 4.78 is 5.38. The van der Waals surface area contributed by atoms with E-state index in [2.05, 4.69) is 29.2 Å². The van der Waals surface area contributed by atoms with Crippen LogP contribution in [0.3, 0.4) is 0 Å². The lowest BCUT2D eigenvalue weighted by Crippen LogP contribution is -2.49. The van der Waals surface area contributed by atoms with Gasteiger partial charge in [-0.05, 0) is 37.1 Å². The second-order valence-electron chi connectivity index (χ2n) is 5.78. The lowest BCUT2D eigenvalue weighted by Gasteiger charge is -2.39. The molecule has 1 aliphatic heterocycles. The van der Waals surface area contributed by atoms with Crippen molar-refractivity contribution in [3.63, 3.8) is 0 Å². The molecule has 1 aromatic carbocycles. The summed E-state index contributed by atoms with van der Waals surface area (Å²) in [4.78, 5) is 2.34. The van der Waals surface area contributed by atoms with Gasteiger partial charge in [0.15, 0.2) is 0 Å². The fourth-order valence-electron chi connectivity index (χ4n) is 3.06. The minimum Gasteiger partial charge on any atom is -0.469 e. The number of benzene rings is 1. The highest BCUT2D eigenvalue weighted by Gasteiger charge is 2.34. The molecule has 0 bridgehead atoms. The highest BCUT2D eigenvalue weighted by Crippen LogP contribution is 2.26. The number of β-amino-alcohol motifs (C(OH)–C–C–N with tert-alkyl or cyclic N) is 1. The van der Waals surface area contributed by atoms with Crippen LogP contribution < -0.4 is 0 Å². The Kier molecular flexibility index (Phi) is 3.90. The third-order valence-electron chi connectivity index (χ3n) is 3.97. The second kappa shape index (κ2) is 5.81. The Bertz CT molecular complexity index is 523. The van der Waals surface area contributed by atoms with E-state index in [9.17, 15) is 5.11 Å². The lowest BCUT2D eigenvalue weighted by atomic mass is 9.88. The van der Waals surface area contributed by atoms with Crippen molar-refractivity contribution in [3.05, 3.63) is 60.1 Å². The van der Waals surface area contributed by atoms with E-state index in [1.54, 1.807) is 6.26 Å². The molecule has 3 rings (SSSR count). The van der Waals surface area contributed by atoms with Crippen molar-refractivity contribution in [2.45, 2.75) is 31.4 Å². The molecule has 1 unspecified atom stereocenters. The van der Waals surface area contributed by atoms with Crippen LogP contribution in [0.2, 0.25) is 0 Å². The maximum atomic E-state index is 10.8. The zero-order chi connectivity index (χ0) is 13.8. The van der Waals surface area contributed by atoms with Gasteiger partial charge in [0.05, 0.1) is 11.9 Å². The molecule has 1 saturated heterocycles. The van der Waals surface area contributed by atoms with E-state index in [0.717, 1.165) is 31.7 Å². The summed E-state index contributed by atoms with van der Waals surface area (Å²) >= 11 is 0.